The van der Waals surface area contributed by atoms with Crippen LogP contribution in [0.4, 0.5) is 0 Å². The van der Waals surface area contributed by atoms with Crippen molar-refractivity contribution in [3.8, 4) is 0 Å². The fourth-order valence-corrected chi connectivity index (χ4v) is 4.18. The van der Waals surface area contributed by atoms with Crippen molar-refractivity contribution in [3.63, 3.8) is 0 Å². The van der Waals surface area contributed by atoms with Crippen molar-refractivity contribution in [2.24, 2.45) is 17.8 Å². The number of benzene rings is 1. The maximum Gasteiger partial charge on any atom is 0.0466 e. The molecule has 1 aromatic carbocycles. The highest BCUT2D eigenvalue weighted by Gasteiger charge is 2.06. The zero-order valence-corrected chi connectivity index (χ0v) is 21.8. The Hall–Kier alpha value is -0.820. The normalized spacial score (nSPS) is 12.7. The number of ether oxygens (including phenoxy) is 1. The van der Waals surface area contributed by atoms with Crippen molar-refractivity contribution >= 4 is 0 Å². The highest BCUT2D eigenvalue weighted by Crippen LogP contribution is 2.16. The molecule has 1 aromatic rings. The number of hydrogen-bond acceptors (Lipinski definition) is 1. The first-order chi connectivity index (χ1) is 15.0. The summed E-state index contributed by atoms with van der Waals surface area (Å²) in [5, 5.41) is 0. The third kappa shape index (κ3) is 16.5. The Kier molecular flexibility index (Phi) is 17.0. The van der Waals surface area contributed by atoms with Gasteiger partial charge in [-0.25, -0.2) is 0 Å². The lowest BCUT2D eigenvalue weighted by Gasteiger charge is -2.14. The molecule has 31 heavy (non-hydrogen) atoms. The molecule has 0 aliphatic rings. The Morgan fingerprint density at radius 3 is 1.77 bits per heavy atom. The lowest BCUT2D eigenvalue weighted by Crippen LogP contribution is -2.06. The van der Waals surface area contributed by atoms with E-state index in [2.05, 4.69) is 58.9 Å². The third-order valence-corrected chi connectivity index (χ3v) is 6.83. The number of hydrogen-bond donors (Lipinski definition) is 0. The first-order valence-electron chi connectivity index (χ1n) is 13.6. The molecule has 0 saturated carbocycles. The van der Waals surface area contributed by atoms with Gasteiger partial charge < -0.3 is 4.74 Å². The molecule has 0 radical (unpaired) electrons. The van der Waals surface area contributed by atoms with E-state index >= 15 is 0 Å². The number of aryl methyl sites for hydroxylation is 2. The van der Waals surface area contributed by atoms with Crippen LogP contribution in [-0.2, 0) is 17.6 Å². The van der Waals surface area contributed by atoms with Gasteiger partial charge >= 0.3 is 0 Å². The van der Waals surface area contributed by atoms with Crippen molar-refractivity contribution in [1.82, 2.24) is 0 Å². The van der Waals surface area contributed by atoms with E-state index in [-0.39, 0.29) is 0 Å². The predicted octanol–water partition coefficient (Wildman–Crippen LogP) is 9.42. The van der Waals surface area contributed by atoms with Crippen LogP contribution in [0.2, 0.25) is 0 Å². The zero-order valence-electron chi connectivity index (χ0n) is 21.8. The Bertz CT molecular complexity index is 519. The second kappa shape index (κ2) is 18.7. The standard InChI is InChI=1S/C30H54O/c1-26(2)17-11-8-6-7-9-12-19-29-21-15-22-30(25-29)20-13-10-14-23-31-24-16-18-28(5)27(3)4/h15,21-22,25-28H,6-14,16-20,23-24H2,1-5H3. The average molecular weight is 431 g/mol. The minimum atomic E-state index is 0.794. The molecular weight excluding hydrogens is 376 g/mol. The Morgan fingerprint density at radius 1 is 0.613 bits per heavy atom. The van der Waals surface area contributed by atoms with Gasteiger partial charge in [0.2, 0.25) is 0 Å². The van der Waals surface area contributed by atoms with Gasteiger partial charge in [-0.1, -0.05) is 104 Å². The molecule has 1 unspecified atom stereocenters. The highest BCUT2D eigenvalue weighted by molar-refractivity contribution is 5.23. The van der Waals surface area contributed by atoms with Crippen molar-refractivity contribution in [2.75, 3.05) is 13.2 Å². The Labute approximate surface area is 195 Å². The van der Waals surface area contributed by atoms with Gasteiger partial charge in [-0.2, -0.15) is 0 Å². The molecule has 0 heterocycles. The van der Waals surface area contributed by atoms with Gasteiger partial charge in [-0.15, -0.1) is 0 Å². The monoisotopic (exact) mass is 430 g/mol. The van der Waals surface area contributed by atoms with Crippen molar-refractivity contribution in [3.05, 3.63) is 35.4 Å². The smallest absolute Gasteiger partial charge is 0.0466 e. The van der Waals surface area contributed by atoms with Gasteiger partial charge in [0.1, 0.15) is 0 Å². The van der Waals surface area contributed by atoms with Gasteiger partial charge in [-0.3, -0.25) is 0 Å². The maximum atomic E-state index is 5.83. The van der Waals surface area contributed by atoms with Gasteiger partial charge in [0.15, 0.2) is 0 Å². The fourth-order valence-electron chi connectivity index (χ4n) is 4.18. The van der Waals surface area contributed by atoms with E-state index in [0.29, 0.717) is 0 Å². The molecule has 1 heteroatoms. The lowest BCUT2D eigenvalue weighted by molar-refractivity contribution is 0.121. The fraction of sp³-hybridized carbons (Fsp3) is 0.800. The summed E-state index contributed by atoms with van der Waals surface area (Å²) in [4.78, 5) is 0. The molecule has 0 bridgehead atoms. The van der Waals surface area contributed by atoms with Crippen LogP contribution >= 0.6 is 0 Å². The first-order valence-corrected chi connectivity index (χ1v) is 13.6. The first kappa shape index (κ1) is 28.2. The van der Waals surface area contributed by atoms with Crippen LogP contribution in [0.3, 0.4) is 0 Å². The van der Waals surface area contributed by atoms with Gasteiger partial charge in [0, 0.05) is 13.2 Å². The van der Waals surface area contributed by atoms with Crippen LogP contribution in [0.1, 0.15) is 123 Å². The molecule has 0 N–H and O–H groups in total. The Balaban J connectivity index is 2.00. The summed E-state index contributed by atoms with van der Waals surface area (Å²) in [5.74, 6) is 2.48. The summed E-state index contributed by atoms with van der Waals surface area (Å²) in [6, 6.07) is 9.34. The zero-order chi connectivity index (χ0) is 22.7. The van der Waals surface area contributed by atoms with E-state index in [1.54, 1.807) is 0 Å². The number of unbranched alkanes of at least 4 members (excludes halogenated alkanes) is 7. The molecule has 0 fully saturated rings. The third-order valence-electron chi connectivity index (χ3n) is 6.83. The largest absolute Gasteiger partial charge is 0.381 e. The van der Waals surface area contributed by atoms with Crippen LogP contribution in [0, 0.1) is 17.8 Å². The summed E-state index contributed by atoms with van der Waals surface area (Å²) in [5.41, 5.74) is 3.06. The molecule has 0 aromatic heterocycles. The molecule has 1 rings (SSSR count). The Morgan fingerprint density at radius 2 is 1.16 bits per heavy atom. The second-order valence-corrected chi connectivity index (χ2v) is 10.7. The van der Waals surface area contributed by atoms with E-state index in [1.807, 2.05) is 0 Å². The minimum Gasteiger partial charge on any atom is -0.381 e. The lowest BCUT2D eigenvalue weighted by atomic mass is 9.93. The predicted molar refractivity (Wildman–Crippen MR) is 139 cm³/mol. The van der Waals surface area contributed by atoms with Crippen LogP contribution in [0.25, 0.3) is 0 Å². The summed E-state index contributed by atoms with van der Waals surface area (Å²) in [7, 11) is 0. The number of rotatable bonds is 20. The molecule has 180 valence electrons. The van der Waals surface area contributed by atoms with Crippen LogP contribution in [0.15, 0.2) is 24.3 Å². The summed E-state index contributed by atoms with van der Waals surface area (Å²) in [6.07, 6.45) is 18.6. The van der Waals surface area contributed by atoms with Crippen LogP contribution < -0.4 is 0 Å². The highest BCUT2D eigenvalue weighted by atomic mass is 16.5. The molecule has 0 aliphatic carbocycles. The van der Waals surface area contributed by atoms with Crippen molar-refractivity contribution < 1.29 is 4.74 Å². The molecule has 0 aliphatic heterocycles. The van der Waals surface area contributed by atoms with Crippen LogP contribution in [-0.4, -0.2) is 13.2 Å². The van der Waals surface area contributed by atoms with E-state index in [0.717, 1.165) is 31.0 Å². The second-order valence-electron chi connectivity index (χ2n) is 10.7. The van der Waals surface area contributed by atoms with E-state index in [1.165, 1.54) is 101 Å². The molecule has 0 saturated heterocycles. The van der Waals surface area contributed by atoms with E-state index in [9.17, 15) is 0 Å². The summed E-state index contributed by atoms with van der Waals surface area (Å²) >= 11 is 0. The van der Waals surface area contributed by atoms with Crippen molar-refractivity contribution in [1.29, 1.82) is 0 Å². The average Bonchev–Trinajstić information content (AvgIpc) is 2.74. The topological polar surface area (TPSA) is 9.23 Å². The summed E-state index contributed by atoms with van der Waals surface area (Å²) < 4.78 is 5.83. The molecule has 1 atom stereocenters. The van der Waals surface area contributed by atoms with Gasteiger partial charge in [-0.05, 0) is 73.8 Å². The van der Waals surface area contributed by atoms with E-state index in [4.69, 9.17) is 4.74 Å². The minimum absolute atomic E-state index is 0.794. The maximum absolute atomic E-state index is 5.83. The van der Waals surface area contributed by atoms with E-state index < -0.39 is 0 Å². The van der Waals surface area contributed by atoms with Crippen molar-refractivity contribution in [2.45, 2.75) is 125 Å². The molecule has 0 spiro atoms. The van der Waals surface area contributed by atoms with Gasteiger partial charge in [0.25, 0.3) is 0 Å². The molecular formula is C30H54O. The van der Waals surface area contributed by atoms with Crippen LogP contribution in [0.5, 0.6) is 0 Å². The quantitative estimate of drug-likeness (QED) is 0.187. The SMILES string of the molecule is CC(C)CCCCCCCCc1cccc(CCCCCOCCCC(C)C(C)C)c1. The summed E-state index contributed by atoms with van der Waals surface area (Å²) in [6.45, 7) is 13.5. The molecule has 0 amide bonds. The molecule has 1 nitrogen and oxygen atoms in total. The van der Waals surface area contributed by atoms with Gasteiger partial charge in [0.05, 0.1) is 0 Å².